The van der Waals surface area contributed by atoms with Crippen molar-refractivity contribution in [3.05, 3.63) is 38.9 Å². The summed E-state index contributed by atoms with van der Waals surface area (Å²) in [4.78, 5) is 10.3. The largest absolute Gasteiger partial charge is 0.310 e. The highest BCUT2D eigenvalue weighted by Crippen LogP contribution is 2.46. The second-order valence-electron chi connectivity index (χ2n) is 3.76. The molecule has 0 aromatic heterocycles. The minimum absolute atomic E-state index is 0.0179. The normalized spacial score (nSPS) is 17.5. The number of nitro groups is 1. The molecule has 0 atom stereocenters. The van der Waals surface area contributed by atoms with E-state index in [0.717, 1.165) is 18.4 Å². The number of hydrogen-bond acceptors (Lipinski definition) is 3. The van der Waals surface area contributed by atoms with Gasteiger partial charge in [-0.05, 0) is 31.5 Å². The summed E-state index contributed by atoms with van der Waals surface area (Å²) in [5, 5.41) is 14.1. The minimum Gasteiger partial charge on any atom is -0.310 e. The van der Waals surface area contributed by atoms with Gasteiger partial charge in [-0.25, -0.2) is 0 Å². The molecule has 5 heteroatoms. The molecule has 1 N–H and O–H groups in total. The van der Waals surface area contributed by atoms with Gasteiger partial charge in [0, 0.05) is 11.6 Å². The lowest BCUT2D eigenvalue weighted by molar-refractivity contribution is -0.384. The number of benzene rings is 1. The Morgan fingerprint density at radius 2 is 2.20 bits per heavy atom. The van der Waals surface area contributed by atoms with Crippen LogP contribution >= 0.6 is 11.6 Å². The maximum absolute atomic E-state index is 10.7. The average molecular weight is 227 g/mol. The smallest absolute Gasteiger partial charge is 0.288 e. The lowest BCUT2D eigenvalue weighted by atomic mass is 10.0. The third kappa shape index (κ3) is 1.70. The van der Waals surface area contributed by atoms with Crippen molar-refractivity contribution in [2.75, 3.05) is 7.05 Å². The van der Waals surface area contributed by atoms with E-state index in [0.29, 0.717) is 0 Å². The summed E-state index contributed by atoms with van der Waals surface area (Å²) in [7, 11) is 1.87. The number of nitro benzene ring substituents is 1. The summed E-state index contributed by atoms with van der Waals surface area (Å²) in [6, 6.07) is 5.00. The molecule has 1 fully saturated rings. The van der Waals surface area contributed by atoms with Crippen molar-refractivity contribution in [2.45, 2.75) is 18.4 Å². The van der Waals surface area contributed by atoms with Crippen LogP contribution in [-0.2, 0) is 5.54 Å². The van der Waals surface area contributed by atoms with E-state index in [2.05, 4.69) is 5.32 Å². The molecule has 0 bridgehead atoms. The molecule has 1 aromatic carbocycles. The summed E-state index contributed by atoms with van der Waals surface area (Å²) in [5.41, 5.74) is 0.867. The molecule has 80 valence electrons. The fraction of sp³-hybridized carbons (Fsp3) is 0.400. The second-order valence-corrected chi connectivity index (χ2v) is 4.16. The van der Waals surface area contributed by atoms with Crippen LogP contribution in [0.15, 0.2) is 18.2 Å². The first-order valence-corrected chi connectivity index (χ1v) is 5.10. The Morgan fingerprint density at radius 1 is 1.53 bits per heavy atom. The van der Waals surface area contributed by atoms with Gasteiger partial charge < -0.3 is 5.32 Å². The standard InChI is InChI=1S/C10H11ClN2O2/c1-12-10(4-5-10)7-2-3-8(11)9(6-7)13(14)15/h2-3,6,12H,4-5H2,1H3. The molecule has 1 aliphatic rings. The van der Waals surface area contributed by atoms with Gasteiger partial charge in [0.05, 0.1) is 4.92 Å². The number of nitrogens with zero attached hydrogens (tertiary/aromatic N) is 1. The first-order chi connectivity index (χ1) is 7.09. The van der Waals surface area contributed by atoms with Crippen LogP contribution in [0.4, 0.5) is 5.69 Å². The fourth-order valence-corrected chi connectivity index (χ4v) is 1.94. The van der Waals surface area contributed by atoms with Gasteiger partial charge in [-0.15, -0.1) is 0 Å². The molecule has 0 radical (unpaired) electrons. The molecule has 0 heterocycles. The molecule has 15 heavy (non-hydrogen) atoms. The van der Waals surface area contributed by atoms with Crippen LogP contribution in [0.3, 0.4) is 0 Å². The highest BCUT2D eigenvalue weighted by atomic mass is 35.5. The van der Waals surface area contributed by atoms with E-state index in [1.807, 2.05) is 13.1 Å². The third-order valence-electron chi connectivity index (χ3n) is 2.92. The fourth-order valence-electron chi connectivity index (χ4n) is 1.76. The molecular weight excluding hydrogens is 216 g/mol. The summed E-state index contributed by atoms with van der Waals surface area (Å²) in [6.07, 6.45) is 2.03. The van der Waals surface area contributed by atoms with E-state index in [1.54, 1.807) is 12.1 Å². The Kier molecular flexibility index (Phi) is 2.40. The molecule has 0 aliphatic heterocycles. The van der Waals surface area contributed by atoms with Gasteiger partial charge in [-0.2, -0.15) is 0 Å². The van der Waals surface area contributed by atoms with Gasteiger partial charge in [-0.1, -0.05) is 17.7 Å². The van der Waals surface area contributed by atoms with Gasteiger partial charge in [-0.3, -0.25) is 10.1 Å². The highest BCUT2D eigenvalue weighted by molar-refractivity contribution is 6.32. The van der Waals surface area contributed by atoms with Crippen molar-refractivity contribution in [3.8, 4) is 0 Å². The SMILES string of the molecule is CNC1(c2ccc(Cl)c([N+](=O)[O-])c2)CC1. The summed E-state index contributed by atoms with van der Waals surface area (Å²) in [6.45, 7) is 0. The van der Waals surface area contributed by atoms with Gasteiger partial charge in [0.15, 0.2) is 0 Å². The van der Waals surface area contributed by atoms with Crippen molar-refractivity contribution >= 4 is 17.3 Å². The van der Waals surface area contributed by atoms with Crippen LogP contribution in [0.2, 0.25) is 5.02 Å². The third-order valence-corrected chi connectivity index (χ3v) is 3.24. The van der Waals surface area contributed by atoms with E-state index < -0.39 is 4.92 Å². The molecule has 2 rings (SSSR count). The van der Waals surface area contributed by atoms with Gasteiger partial charge in [0.1, 0.15) is 5.02 Å². The quantitative estimate of drug-likeness (QED) is 0.636. The van der Waals surface area contributed by atoms with Crippen LogP contribution < -0.4 is 5.32 Å². The zero-order valence-electron chi connectivity index (χ0n) is 8.29. The lowest BCUT2D eigenvalue weighted by Gasteiger charge is -2.14. The van der Waals surface area contributed by atoms with Crippen molar-refractivity contribution in [1.29, 1.82) is 0 Å². The average Bonchev–Trinajstić information content (AvgIpc) is 2.99. The maximum Gasteiger partial charge on any atom is 0.288 e. The predicted molar refractivity (Wildman–Crippen MR) is 58.1 cm³/mol. The molecule has 1 saturated carbocycles. The first-order valence-electron chi connectivity index (χ1n) is 4.72. The van der Waals surface area contributed by atoms with Crippen LogP contribution in [-0.4, -0.2) is 12.0 Å². The van der Waals surface area contributed by atoms with Crippen molar-refractivity contribution in [2.24, 2.45) is 0 Å². The van der Waals surface area contributed by atoms with Gasteiger partial charge >= 0.3 is 0 Å². The van der Waals surface area contributed by atoms with Gasteiger partial charge in [0.2, 0.25) is 0 Å². The van der Waals surface area contributed by atoms with Gasteiger partial charge in [0.25, 0.3) is 5.69 Å². The molecule has 1 aromatic rings. The molecule has 0 amide bonds. The topological polar surface area (TPSA) is 55.2 Å². The van der Waals surface area contributed by atoms with E-state index in [1.165, 1.54) is 0 Å². The van der Waals surface area contributed by atoms with Crippen molar-refractivity contribution < 1.29 is 4.92 Å². The lowest BCUT2D eigenvalue weighted by Crippen LogP contribution is -2.24. The molecule has 0 unspecified atom stereocenters. The number of rotatable bonds is 3. The number of nitrogens with one attached hydrogen (secondary N) is 1. The molecule has 4 nitrogen and oxygen atoms in total. The van der Waals surface area contributed by atoms with E-state index in [9.17, 15) is 10.1 Å². The minimum atomic E-state index is -0.447. The summed E-state index contributed by atoms with van der Waals surface area (Å²) in [5.74, 6) is 0. The number of halogens is 1. The van der Waals surface area contributed by atoms with Crippen LogP contribution in [0.1, 0.15) is 18.4 Å². The molecular formula is C10H11ClN2O2. The second kappa shape index (κ2) is 3.47. The molecule has 1 aliphatic carbocycles. The monoisotopic (exact) mass is 226 g/mol. The van der Waals surface area contributed by atoms with Crippen LogP contribution in [0.25, 0.3) is 0 Å². The zero-order chi connectivity index (χ0) is 11.1. The first kappa shape index (κ1) is 10.4. The maximum atomic E-state index is 10.7. The van der Waals surface area contributed by atoms with E-state index in [4.69, 9.17) is 11.6 Å². The summed E-state index contributed by atoms with van der Waals surface area (Å²) >= 11 is 5.74. The Labute approximate surface area is 92.4 Å². The Morgan fingerprint density at radius 3 is 2.67 bits per heavy atom. The Bertz CT molecular complexity index is 416. The highest BCUT2D eigenvalue weighted by Gasteiger charge is 2.43. The zero-order valence-corrected chi connectivity index (χ0v) is 9.04. The Balaban J connectivity index is 2.43. The molecule has 0 spiro atoms. The predicted octanol–water partition coefficient (Wildman–Crippen LogP) is 2.46. The van der Waals surface area contributed by atoms with Crippen LogP contribution in [0, 0.1) is 10.1 Å². The Hall–Kier alpha value is -1.13. The van der Waals surface area contributed by atoms with E-state index >= 15 is 0 Å². The van der Waals surface area contributed by atoms with E-state index in [-0.39, 0.29) is 16.2 Å². The van der Waals surface area contributed by atoms with Crippen molar-refractivity contribution in [3.63, 3.8) is 0 Å². The summed E-state index contributed by atoms with van der Waals surface area (Å²) < 4.78 is 0. The molecule has 0 saturated heterocycles. The number of hydrogen-bond donors (Lipinski definition) is 1. The van der Waals surface area contributed by atoms with Crippen molar-refractivity contribution in [1.82, 2.24) is 5.32 Å². The van der Waals surface area contributed by atoms with Crippen LogP contribution in [0.5, 0.6) is 0 Å².